The van der Waals surface area contributed by atoms with E-state index in [1.165, 1.54) is 16.2 Å². The third-order valence-corrected chi connectivity index (χ3v) is 6.99. The first-order valence-electron chi connectivity index (χ1n) is 11.6. The number of aryl methyl sites for hydroxylation is 1. The molecule has 0 atom stereocenters. The number of methoxy groups -OCH3 is 1. The van der Waals surface area contributed by atoms with Crippen molar-refractivity contribution < 1.29 is 14.3 Å². The molecule has 1 N–H and O–H groups in total. The lowest BCUT2D eigenvalue weighted by molar-refractivity contribution is -0.122. The average Bonchev–Trinajstić information content (AvgIpc) is 3.14. The van der Waals surface area contributed by atoms with Crippen molar-refractivity contribution in [1.29, 1.82) is 0 Å². The minimum Gasteiger partial charge on any atom is -0.497 e. The summed E-state index contributed by atoms with van der Waals surface area (Å²) in [5, 5.41) is 3.25. The Morgan fingerprint density at radius 2 is 1.94 bits per heavy atom. The molecule has 1 saturated heterocycles. The van der Waals surface area contributed by atoms with E-state index in [1.54, 1.807) is 30.3 Å². The Kier molecular flexibility index (Phi) is 8.40. The fraction of sp³-hybridized carbons (Fsp3) is 0.308. The summed E-state index contributed by atoms with van der Waals surface area (Å²) in [6, 6.07) is 11.2. The average molecular weight is 525 g/mol. The van der Waals surface area contributed by atoms with Crippen molar-refractivity contribution in [2.45, 2.75) is 26.8 Å². The molecule has 3 aromatic rings. The summed E-state index contributed by atoms with van der Waals surface area (Å²) in [5.41, 5.74) is 2.45. The highest BCUT2D eigenvalue weighted by Crippen LogP contribution is 2.34. The second-order valence-corrected chi connectivity index (χ2v) is 9.88. The predicted molar refractivity (Wildman–Crippen MR) is 148 cm³/mol. The van der Waals surface area contributed by atoms with Crippen molar-refractivity contribution in [3.63, 3.8) is 0 Å². The lowest BCUT2D eigenvalue weighted by atomic mass is 10.2. The first-order chi connectivity index (χ1) is 17.4. The number of amides is 1. The van der Waals surface area contributed by atoms with Crippen LogP contribution in [-0.4, -0.2) is 51.4 Å². The molecular weight excluding hydrogens is 496 g/mol. The molecule has 0 saturated carbocycles. The van der Waals surface area contributed by atoms with Crippen LogP contribution in [-0.2, 0) is 16.1 Å². The lowest BCUT2D eigenvalue weighted by Crippen LogP contribution is -2.27. The normalized spacial score (nSPS) is 14.8. The van der Waals surface area contributed by atoms with E-state index in [2.05, 4.69) is 10.3 Å². The van der Waals surface area contributed by atoms with Crippen LogP contribution in [0.15, 0.2) is 52.3 Å². The zero-order valence-corrected chi connectivity index (χ0v) is 22.1. The third kappa shape index (κ3) is 5.77. The van der Waals surface area contributed by atoms with Gasteiger partial charge in [-0.1, -0.05) is 42.2 Å². The quantitative estimate of drug-likeness (QED) is 0.239. The van der Waals surface area contributed by atoms with E-state index in [0.717, 1.165) is 23.3 Å². The monoisotopic (exact) mass is 524 g/mol. The second kappa shape index (κ2) is 11.7. The van der Waals surface area contributed by atoms with E-state index < -0.39 is 0 Å². The number of carbonyl (C=O) groups excluding carboxylic acids is 1. The Labute approximate surface area is 219 Å². The maximum Gasteiger partial charge on any atom is 0.267 e. The molecule has 3 heterocycles. The number of nitrogens with one attached hydrogen (secondary N) is 1. The van der Waals surface area contributed by atoms with Gasteiger partial charge in [0.2, 0.25) is 0 Å². The number of thioether (sulfide) groups is 1. The van der Waals surface area contributed by atoms with Crippen molar-refractivity contribution in [3.05, 3.63) is 74.5 Å². The van der Waals surface area contributed by atoms with Gasteiger partial charge in [-0.15, -0.1) is 0 Å². The topological polar surface area (TPSA) is 85.2 Å². The van der Waals surface area contributed by atoms with Crippen LogP contribution in [0, 0.1) is 6.92 Å². The van der Waals surface area contributed by atoms with Crippen LogP contribution >= 0.6 is 24.0 Å². The zero-order valence-electron chi connectivity index (χ0n) is 20.4. The van der Waals surface area contributed by atoms with Crippen molar-refractivity contribution in [1.82, 2.24) is 14.3 Å². The lowest BCUT2D eigenvalue weighted by Gasteiger charge is -2.15. The summed E-state index contributed by atoms with van der Waals surface area (Å²) < 4.78 is 12.6. The van der Waals surface area contributed by atoms with Gasteiger partial charge in [0.1, 0.15) is 21.5 Å². The number of hydrogen-bond acceptors (Lipinski definition) is 8. The molecule has 0 bridgehead atoms. The number of benzene rings is 1. The number of thiocarbonyl (C=S) groups is 1. The standard InChI is InChI=1S/C26H28N4O4S2/c1-4-34-13-5-12-27-23-20(24(31)29-15-17(2)6-11-22(29)28-23)14-21-25(32)30(26(35)36-21)16-18-7-9-19(33-3)10-8-18/h6-11,14-15,27H,4-5,12-13,16H2,1-3H3/b21-14+. The molecule has 8 nitrogen and oxygen atoms in total. The van der Waals surface area contributed by atoms with E-state index >= 15 is 0 Å². The molecule has 1 amide bonds. The highest BCUT2D eigenvalue weighted by atomic mass is 32.2. The molecule has 1 aliphatic heterocycles. The highest BCUT2D eigenvalue weighted by molar-refractivity contribution is 8.26. The number of anilines is 1. The molecule has 0 unspecified atom stereocenters. The van der Waals surface area contributed by atoms with E-state index in [0.29, 0.717) is 52.6 Å². The number of aromatic nitrogens is 2. The van der Waals surface area contributed by atoms with Gasteiger partial charge >= 0.3 is 0 Å². The summed E-state index contributed by atoms with van der Waals surface area (Å²) in [6.07, 6.45) is 4.10. The maximum atomic E-state index is 13.5. The minimum atomic E-state index is -0.253. The van der Waals surface area contributed by atoms with Gasteiger partial charge in [0.25, 0.3) is 11.5 Å². The molecule has 1 aromatic carbocycles. The number of carbonyl (C=O) groups is 1. The molecule has 1 fully saturated rings. The molecule has 1 aliphatic rings. The first kappa shape index (κ1) is 25.9. The van der Waals surface area contributed by atoms with Crippen molar-refractivity contribution in [3.8, 4) is 5.75 Å². The van der Waals surface area contributed by atoms with Crippen LogP contribution in [0.2, 0.25) is 0 Å². The molecular formula is C26H28N4O4S2. The van der Waals surface area contributed by atoms with Crippen LogP contribution < -0.4 is 15.6 Å². The number of hydrogen-bond donors (Lipinski definition) is 1. The smallest absolute Gasteiger partial charge is 0.267 e. The van der Waals surface area contributed by atoms with Gasteiger partial charge in [-0.3, -0.25) is 18.9 Å². The summed E-state index contributed by atoms with van der Waals surface area (Å²) >= 11 is 6.69. The maximum absolute atomic E-state index is 13.5. The van der Waals surface area contributed by atoms with Crippen LogP contribution in [0.1, 0.15) is 30.0 Å². The molecule has 188 valence electrons. The largest absolute Gasteiger partial charge is 0.497 e. The number of nitrogens with zero attached hydrogens (tertiary/aromatic N) is 3. The first-order valence-corrected chi connectivity index (χ1v) is 12.9. The van der Waals surface area contributed by atoms with Gasteiger partial charge in [-0.25, -0.2) is 4.98 Å². The Bertz CT molecular complexity index is 1370. The number of rotatable bonds is 10. The van der Waals surface area contributed by atoms with Gasteiger partial charge in [0, 0.05) is 26.0 Å². The minimum absolute atomic E-state index is 0.239. The van der Waals surface area contributed by atoms with Crippen LogP contribution in [0.3, 0.4) is 0 Å². The van der Waals surface area contributed by atoms with E-state index in [9.17, 15) is 9.59 Å². The van der Waals surface area contributed by atoms with Gasteiger partial charge < -0.3 is 14.8 Å². The number of ether oxygens (including phenoxy) is 2. The van der Waals surface area contributed by atoms with Gasteiger partial charge in [-0.05, 0) is 55.7 Å². The molecule has 0 aliphatic carbocycles. The van der Waals surface area contributed by atoms with E-state index in [4.69, 9.17) is 21.7 Å². The molecule has 36 heavy (non-hydrogen) atoms. The Hall–Kier alpha value is -3.21. The van der Waals surface area contributed by atoms with Crippen molar-refractivity contribution in [2.24, 2.45) is 0 Å². The summed E-state index contributed by atoms with van der Waals surface area (Å²) in [4.78, 5) is 33.4. The summed E-state index contributed by atoms with van der Waals surface area (Å²) in [6.45, 7) is 6.03. The fourth-order valence-corrected chi connectivity index (χ4v) is 4.97. The van der Waals surface area contributed by atoms with Crippen LogP contribution in [0.5, 0.6) is 5.75 Å². The van der Waals surface area contributed by atoms with Crippen molar-refractivity contribution >= 4 is 51.7 Å². The highest BCUT2D eigenvalue weighted by Gasteiger charge is 2.32. The molecule has 10 heteroatoms. The van der Waals surface area contributed by atoms with E-state index in [1.807, 2.05) is 44.2 Å². The fourth-order valence-electron chi connectivity index (χ4n) is 3.73. The Morgan fingerprint density at radius 3 is 2.67 bits per heavy atom. The van der Waals surface area contributed by atoms with Crippen LogP contribution in [0.25, 0.3) is 11.7 Å². The number of fused-ring (bicyclic) bond motifs is 1. The molecule has 0 spiro atoms. The summed E-state index contributed by atoms with van der Waals surface area (Å²) in [5.74, 6) is 0.933. The SMILES string of the molecule is CCOCCCNc1nc2ccc(C)cn2c(=O)c1/C=C1/SC(=S)N(Cc2ccc(OC)cc2)C1=O. The predicted octanol–water partition coefficient (Wildman–Crippen LogP) is 4.25. The molecule has 0 radical (unpaired) electrons. The van der Waals surface area contributed by atoms with Gasteiger partial charge in [0.15, 0.2) is 0 Å². The zero-order chi connectivity index (χ0) is 25.7. The third-order valence-electron chi connectivity index (χ3n) is 5.62. The number of pyridine rings is 1. The Morgan fingerprint density at radius 1 is 1.17 bits per heavy atom. The Balaban J connectivity index is 1.65. The molecule has 2 aromatic heterocycles. The van der Waals surface area contributed by atoms with E-state index in [-0.39, 0.29) is 11.5 Å². The van der Waals surface area contributed by atoms with Gasteiger partial charge in [0.05, 0.1) is 24.1 Å². The van der Waals surface area contributed by atoms with Gasteiger partial charge in [-0.2, -0.15) is 0 Å². The van der Waals surface area contributed by atoms with Crippen molar-refractivity contribution in [2.75, 3.05) is 32.2 Å². The summed E-state index contributed by atoms with van der Waals surface area (Å²) in [7, 11) is 1.61. The molecule has 4 rings (SSSR count). The second-order valence-electron chi connectivity index (χ2n) is 8.21. The van der Waals surface area contributed by atoms with Crippen LogP contribution in [0.4, 0.5) is 5.82 Å².